The van der Waals surface area contributed by atoms with Gasteiger partial charge in [0.25, 0.3) is 0 Å². The third-order valence-corrected chi connectivity index (χ3v) is 2.78. The molecule has 0 unspecified atom stereocenters. The van der Waals surface area contributed by atoms with Crippen LogP contribution in [-0.4, -0.2) is 5.11 Å². The lowest BCUT2D eigenvalue weighted by Crippen LogP contribution is -1.84. The smallest absolute Gasteiger partial charge is 0.0778 e. The highest BCUT2D eigenvalue weighted by molar-refractivity contribution is 7.10. The summed E-state index contributed by atoms with van der Waals surface area (Å²) in [5, 5.41) is 10.9. The molecule has 1 N–H and O–H groups in total. The zero-order valence-corrected chi connectivity index (χ0v) is 6.28. The maximum absolute atomic E-state index is 8.85. The van der Waals surface area contributed by atoms with Gasteiger partial charge in [0.2, 0.25) is 0 Å². The van der Waals surface area contributed by atoms with E-state index < -0.39 is 0 Å². The molecule has 0 saturated carbocycles. The third kappa shape index (κ3) is 0.785. The lowest BCUT2D eigenvalue weighted by atomic mass is 10.2. The second-order valence-electron chi connectivity index (χ2n) is 2.31. The molecule has 0 saturated heterocycles. The monoisotopic (exact) mass is 156 g/mol. The van der Waals surface area contributed by atoms with Crippen LogP contribution in [-0.2, 0) is 24.6 Å². The van der Waals surface area contributed by atoms with Gasteiger partial charge in [-0.2, -0.15) is 0 Å². The van der Waals surface area contributed by atoms with Crippen LogP contribution in [0.4, 0.5) is 0 Å². The summed E-state index contributed by atoms with van der Waals surface area (Å²) in [7, 11) is 0. The molecule has 54 valence electrons. The number of hydrogen-bond donors (Lipinski definition) is 1. The number of thiophene rings is 1. The van der Waals surface area contributed by atoms with Crippen LogP contribution in [0.25, 0.3) is 0 Å². The topological polar surface area (TPSA) is 29.5 Å². The van der Waals surface area contributed by atoms with Crippen LogP contribution in [0.2, 0.25) is 0 Å². The zero-order chi connectivity index (χ0) is 6.97. The molecule has 1 aromatic heterocycles. The van der Waals surface area contributed by atoms with Crippen LogP contribution in [0.5, 0.6) is 0 Å². The van der Waals surface area contributed by atoms with Gasteiger partial charge in [-0.3, -0.25) is 0 Å². The fourth-order valence-corrected chi connectivity index (χ4v) is 2.06. The second-order valence-corrected chi connectivity index (χ2v) is 3.28. The third-order valence-electron chi connectivity index (χ3n) is 1.72. The Balaban J connectivity index is 2.44. The highest BCUT2D eigenvalue weighted by atomic mass is 32.1. The van der Waals surface area contributed by atoms with Gasteiger partial charge in [0.15, 0.2) is 0 Å². The molecular weight excluding hydrogens is 148 g/mol. The van der Waals surface area contributed by atoms with Crippen LogP contribution in [0.1, 0.15) is 16.0 Å². The maximum Gasteiger partial charge on any atom is 0.0778 e. The molecule has 2 rings (SSSR count). The molecule has 0 aromatic carbocycles. The minimum Gasteiger partial charge on any atom is -0.391 e. The van der Waals surface area contributed by atoms with Crippen molar-refractivity contribution >= 4 is 11.3 Å². The first-order valence-electron chi connectivity index (χ1n) is 3.18. The summed E-state index contributed by atoms with van der Waals surface area (Å²) in [6, 6.07) is 0. The molecule has 10 heavy (non-hydrogen) atoms. The Morgan fingerprint density at radius 2 is 2.50 bits per heavy atom. The van der Waals surface area contributed by atoms with Gasteiger partial charge in [0.05, 0.1) is 19.8 Å². The minimum atomic E-state index is 0.156. The minimum absolute atomic E-state index is 0.156. The van der Waals surface area contributed by atoms with Crippen molar-refractivity contribution < 1.29 is 9.84 Å². The maximum atomic E-state index is 8.85. The van der Waals surface area contributed by atoms with Gasteiger partial charge in [-0.05, 0) is 16.5 Å². The quantitative estimate of drug-likeness (QED) is 0.663. The van der Waals surface area contributed by atoms with E-state index in [1.54, 1.807) is 11.3 Å². The second kappa shape index (κ2) is 2.34. The van der Waals surface area contributed by atoms with Crippen molar-refractivity contribution in [2.45, 2.75) is 19.8 Å². The molecular formula is C7H8O2S. The molecule has 0 amide bonds. The van der Waals surface area contributed by atoms with Crippen molar-refractivity contribution in [2.75, 3.05) is 0 Å². The molecule has 0 radical (unpaired) electrons. The van der Waals surface area contributed by atoms with E-state index in [4.69, 9.17) is 9.84 Å². The summed E-state index contributed by atoms with van der Waals surface area (Å²) >= 11 is 1.62. The predicted molar refractivity (Wildman–Crippen MR) is 38.7 cm³/mol. The molecule has 1 aliphatic heterocycles. The summed E-state index contributed by atoms with van der Waals surface area (Å²) in [6.07, 6.45) is 0. The summed E-state index contributed by atoms with van der Waals surface area (Å²) in [5.41, 5.74) is 2.47. The van der Waals surface area contributed by atoms with Gasteiger partial charge in [-0.15, -0.1) is 11.3 Å². The first kappa shape index (κ1) is 6.34. The Morgan fingerprint density at radius 1 is 1.60 bits per heavy atom. The van der Waals surface area contributed by atoms with Crippen molar-refractivity contribution in [2.24, 2.45) is 0 Å². The van der Waals surface area contributed by atoms with Crippen LogP contribution < -0.4 is 0 Å². The van der Waals surface area contributed by atoms with Gasteiger partial charge in [-0.25, -0.2) is 0 Å². The Hall–Kier alpha value is -0.380. The van der Waals surface area contributed by atoms with E-state index >= 15 is 0 Å². The summed E-state index contributed by atoms with van der Waals surface area (Å²) in [4.78, 5) is 1.06. The molecule has 0 bridgehead atoms. The van der Waals surface area contributed by atoms with Crippen molar-refractivity contribution in [1.29, 1.82) is 0 Å². The predicted octanol–water partition coefficient (Wildman–Crippen LogP) is 1.27. The van der Waals surface area contributed by atoms with Crippen molar-refractivity contribution in [3.63, 3.8) is 0 Å². The average Bonchev–Trinajstić information content (AvgIpc) is 2.44. The summed E-state index contributed by atoms with van der Waals surface area (Å²) in [6.45, 7) is 1.57. The van der Waals surface area contributed by atoms with Crippen LogP contribution >= 0.6 is 11.3 Å². The van der Waals surface area contributed by atoms with E-state index in [-0.39, 0.29) is 6.61 Å². The highest BCUT2D eigenvalue weighted by Crippen LogP contribution is 2.28. The van der Waals surface area contributed by atoms with E-state index in [1.807, 2.05) is 0 Å². The molecule has 0 aliphatic carbocycles. The Kier molecular flexibility index (Phi) is 1.48. The van der Waals surface area contributed by atoms with Crippen molar-refractivity contribution in [1.82, 2.24) is 0 Å². The van der Waals surface area contributed by atoms with E-state index in [1.165, 1.54) is 11.1 Å². The van der Waals surface area contributed by atoms with Gasteiger partial charge in [-0.1, -0.05) is 0 Å². The van der Waals surface area contributed by atoms with E-state index in [9.17, 15) is 0 Å². The summed E-state index contributed by atoms with van der Waals surface area (Å²) in [5.74, 6) is 0. The molecule has 3 heteroatoms. The molecule has 0 atom stereocenters. The van der Waals surface area contributed by atoms with Gasteiger partial charge < -0.3 is 9.84 Å². The molecule has 1 aromatic rings. The standard InChI is InChI=1S/C7H8O2S/c8-1-7-6-3-9-2-5(6)4-10-7/h4,8H,1-3H2. The van der Waals surface area contributed by atoms with Crippen LogP contribution in [0.3, 0.4) is 0 Å². The molecule has 0 fully saturated rings. The number of aliphatic hydroxyl groups excluding tert-OH is 1. The van der Waals surface area contributed by atoms with E-state index in [0.717, 1.165) is 11.5 Å². The molecule has 2 heterocycles. The molecule has 0 spiro atoms. The highest BCUT2D eigenvalue weighted by Gasteiger charge is 2.16. The zero-order valence-electron chi connectivity index (χ0n) is 5.46. The Labute approximate surface area is 63.1 Å². The Morgan fingerprint density at radius 3 is 3.30 bits per heavy atom. The molecule has 2 nitrogen and oxygen atoms in total. The SMILES string of the molecule is OCc1scc2c1COC2. The van der Waals surface area contributed by atoms with Crippen molar-refractivity contribution in [3.05, 3.63) is 21.4 Å². The average molecular weight is 156 g/mol. The van der Waals surface area contributed by atoms with E-state index in [2.05, 4.69) is 5.38 Å². The fourth-order valence-electron chi connectivity index (χ4n) is 1.15. The van der Waals surface area contributed by atoms with Gasteiger partial charge in [0.1, 0.15) is 0 Å². The van der Waals surface area contributed by atoms with Gasteiger partial charge in [0, 0.05) is 4.88 Å². The number of fused-ring (bicyclic) bond motifs is 1. The van der Waals surface area contributed by atoms with Crippen molar-refractivity contribution in [3.8, 4) is 0 Å². The van der Waals surface area contributed by atoms with Crippen LogP contribution in [0, 0.1) is 0 Å². The number of hydrogen-bond acceptors (Lipinski definition) is 3. The molecule has 1 aliphatic rings. The first-order chi connectivity index (χ1) is 4.92. The fraction of sp³-hybridized carbons (Fsp3) is 0.429. The van der Waals surface area contributed by atoms with E-state index in [0.29, 0.717) is 6.61 Å². The number of rotatable bonds is 1. The first-order valence-corrected chi connectivity index (χ1v) is 4.06. The lowest BCUT2D eigenvalue weighted by Gasteiger charge is -1.91. The lowest BCUT2D eigenvalue weighted by molar-refractivity contribution is 0.133. The van der Waals surface area contributed by atoms with Gasteiger partial charge >= 0.3 is 0 Å². The summed E-state index contributed by atoms with van der Waals surface area (Å²) < 4.78 is 5.19. The Bertz CT molecular complexity index is 242. The number of aliphatic hydroxyl groups is 1. The number of ether oxygens (including phenoxy) is 1. The normalized spacial score (nSPS) is 15.7. The van der Waals surface area contributed by atoms with Crippen LogP contribution in [0.15, 0.2) is 5.38 Å². The largest absolute Gasteiger partial charge is 0.391 e.